The summed E-state index contributed by atoms with van der Waals surface area (Å²) < 4.78 is 0. The van der Waals surface area contributed by atoms with Gasteiger partial charge in [0.05, 0.1) is 0 Å². The second-order valence-corrected chi connectivity index (χ2v) is 4.25. The molecule has 2 heteroatoms. The van der Waals surface area contributed by atoms with E-state index >= 15 is 0 Å². The first-order valence-electron chi connectivity index (χ1n) is 5.33. The summed E-state index contributed by atoms with van der Waals surface area (Å²) in [5, 5.41) is 2.95. The van der Waals surface area contributed by atoms with Crippen LogP contribution < -0.4 is 5.32 Å². The van der Waals surface area contributed by atoms with Crippen LogP contribution in [0.25, 0.3) is 0 Å². The van der Waals surface area contributed by atoms with Crippen LogP contribution in [0.15, 0.2) is 0 Å². The van der Waals surface area contributed by atoms with Gasteiger partial charge in [-0.15, -0.1) is 0 Å². The third kappa shape index (κ3) is 7.82. The molecule has 0 heterocycles. The Morgan fingerprint density at radius 3 is 2.38 bits per heavy atom. The number of carbonyl (C=O) groups is 1. The smallest absolute Gasteiger partial charge is 0.220 e. The molecule has 1 atom stereocenters. The van der Waals surface area contributed by atoms with E-state index < -0.39 is 0 Å². The number of nitrogens with one attached hydrogen (secondary N) is 1. The van der Waals surface area contributed by atoms with Gasteiger partial charge in [0.2, 0.25) is 5.91 Å². The molecule has 0 aromatic rings. The number of amides is 1. The molecule has 0 spiro atoms. The monoisotopic (exact) mass is 185 g/mol. The van der Waals surface area contributed by atoms with Gasteiger partial charge in [0.25, 0.3) is 0 Å². The van der Waals surface area contributed by atoms with Crippen LogP contribution in [0.1, 0.15) is 47.0 Å². The predicted octanol–water partition coefficient (Wildman–Crippen LogP) is 2.58. The van der Waals surface area contributed by atoms with Gasteiger partial charge in [0, 0.05) is 13.0 Å². The predicted molar refractivity (Wildman–Crippen MR) is 56.5 cm³/mol. The lowest BCUT2D eigenvalue weighted by Gasteiger charge is -2.10. The SMILES string of the molecule is CCC(C)CNC(=O)CCC(C)C. The van der Waals surface area contributed by atoms with Crippen LogP contribution in [-0.2, 0) is 4.79 Å². The van der Waals surface area contributed by atoms with E-state index in [0.717, 1.165) is 19.4 Å². The molecule has 0 saturated carbocycles. The quantitative estimate of drug-likeness (QED) is 0.677. The zero-order valence-electron chi connectivity index (χ0n) is 9.39. The van der Waals surface area contributed by atoms with E-state index in [9.17, 15) is 4.79 Å². The van der Waals surface area contributed by atoms with E-state index in [-0.39, 0.29) is 5.91 Å². The van der Waals surface area contributed by atoms with E-state index in [1.807, 2.05) is 0 Å². The van der Waals surface area contributed by atoms with Gasteiger partial charge in [-0.05, 0) is 18.3 Å². The highest BCUT2D eigenvalue weighted by atomic mass is 16.1. The Hall–Kier alpha value is -0.530. The van der Waals surface area contributed by atoms with Gasteiger partial charge in [-0.2, -0.15) is 0 Å². The number of rotatable bonds is 6. The molecule has 0 rings (SSSR count). The number of carbonyl (C=O) groups excluding carboxylic acids is 1. The van der Waals surface area contributed by atoms with E-state index in [1.54, 1.807) is 0 Å². The highest BCUT2D eigenvalue weighted by molar-refractivity contribution is 5.75. The molecular weight excluding hydrogens is 162 g/mol. The molecule has 0 aromatic heterocycles. The van der Waals surface area contributed by atoms with E-state index in [4.69, 9.17) is 0 Å². The molecule has 1 N–H and O–H groups in total. The lowest BCUT2D eigenvalue weighted by molar-refractivity contribution is -0.121. The van der Waals surface area contributed by atoms with Crippen molar-refractivity contribution in [1.82, 2.24) is 5.32 Å². The minimum Gasteiger partial charge on any atom is -0.356 e. The summed E-state index contributed by atoms with van der Waals surface area (Å²) >= 11 is 0. The van der Waals surface area contributed by atoms with Crippen LogP contribution in [0.4, 0.5) is 0 Å². The van der Waals surface area contributed by atoms with Gasteiger partial charge >= 0.3 is 0 Å². The van der Waals surface area contributed by atoms with E-state index in [1.165, 1.54) is 0 Å². The standard InChI is InChI=1S/C11H23NO/c1-5-10(4)8-12-11(13)7-6-9(2)3/h9-10H,5-8H2,1-4H3,(H,12,13). The molecule has 2 nitrogen and oxygen atoms in total. The zero-order valence-corrected chi connectivity index (χ0v) is 9.39. The maximum atomic E-state index is 11.3. The Kier molecular flexibility index (Phi) is 6.65. The molecule has 0 aromatic carbocycles. The van der Waals surface area contributed by atoms with Crippen LogP contribution in [0.3, 0.4) is 0 Å². The largest absolute Gasteiger partial charge is 0.356 e. The molecule has 78 valence electrons. The second kappa shape index (κ2) is 6.93. The summed E-state index contributed by atoms with van der Waals surface area (Å²) in [7, 11) is 0. The highest BCUT2D eigenvalue weighted by Crippen LogP contribution is 2.03. The van der Waals surface area contributed by atoms with Crippen molar-refractivity contribution in [2.75, 3.05) is 6.54 Å². The molecular formula is C11H23NO. The molecule has 0 aliphatic rings. The zero-order chi connectivity index (χ0) is 10.3. The summed E-state index contributed by atoms with van der Waals surface area (Å²) in [5.74, 6) is 1.42. The molecule has 13 heavy (non-hydrogen) atoms. The van der Waals surface area contributed by atoms with Gasteiger partial charge < -0.3 is 5.32 Å². The molecule has 1 amide bonds. The van der Waals surface area contributed by atoms with Crippen molar-refractivity contribution in [3.05, 3.63) is 0 Å². The Morgan fingerprint density at radius 2 is 1.92 bits per heavy atom. The van der Waals surface area contributed by atoms with Crippen LogP contribution >= 0.6 is 0 Å². The third-order valence-electron chi connectivity index (χ3n) is 2.29. The highest BCUT2D eigenvalue weighted by Gasteiger charge is 2.04. The van der Waals surface area contributed by atoms with Gasteiger partial charge in [0.15, 0.2) is 0 Å². The van der Waals surface area contributed by atoms with Crippen LogP contribution in [0.5, 0.6) is 0 Å². The van der Waals surface area contributed by atoms with Crippen molar-refractivity contribution in [3.8, 4) is 0 Å². The topological polar surface area (TPSA) is 29.1 Å². The molecule has 0 aliphatic carbocycles. The maximum absolute atomic E-state index is 11.3. The lowest BCUT2D eigenvalue weighted by atomic mass is 10.1. The normalized spacial score (nSPS) is 13.0. The first-order valence-corrected chi connectivity index (χ1v) is 5.33. The van der Waals surface area contributed by atoms with Gasteiger partial charge in [-0.3, -0.25) is 4.79 Å². The van der Waals surface area contributed by atoms with Gasteiger partial charge in [0.1, 0.15) is 0 Å². The second-order valence-electron chi connectivity index (χ2n) is 4.25. The first kappa shape index (κ1) is 12.5. The Labute approximate surface area is 82.1 Å². The van der Waals surface area contributed by atoms with Gasteiger partial charge in [-0.25, -0.2) is 0 Å². The fourth-order valence-corrected chi connectivity index (χ4v) is 0.941. The molecule has 0 aliphatic heterocycles. The number of hydrogen-bond donors (Lipinski definition) is 1. The Morgan fingerprint density at radius 1 is 1.31 bits per heavy atom. The maximum Gasteiger partial charge on any atom is 0.220 e. The van der Waals surface area contributed by atoms with Crippen molar-refractivity contribution in [2.24, 2.45) is 11.8 Å². The van der Waals surface area contributed by atoms with Crippen molar-refractivity contribution < 1.29 is 4.79 Å². The van der Waals surface area contributed by atoms with E-state index in [2.05, 4.69) is 33.0 Å². The summed E-state index contributed by atoms with van der Waals surface area (Å²) in [6.07, 6.45) is 2.80. The molecule has 0 fully saturated rings. The minimum atomic E-state index is 0.203. The summed E-state index contributed by atoms with van der Waals surface area (Å²) in [6.45, 7) is 9.41. The van der Waals surface area contributed by atoms with Crippen molar-refractivity contribution in [2.45, 2.75) is 47.0 Å². The lowest BCUT2D eigenvalue weighted by Crippen LogP contribution is -2.28. The van der Waals surface area contributed by atoms with Crippen LogP contribution in [0.2, 0.25) is 0 Å². The average molecular weight is 185 g/mol. The first-order chi connectivity index (χ1) is 6.06. The molecule has 0 bridgehead atoms. The van der Waals surface area contributed by atoms with Crippen LogP contribution in [0, 0.1) is 11.8 Å². The molecule has 0 saturated heterocycles. The summed E-state index contributed by atoms with van der Waals surface area (Å²) in [5.41, 5.74) is 0. The molecule has 0 radical (unpaired) electrons. The average Bonchev–Trinajstić information content (AvgIpc) is 2.10. The Balaban J connectivity index is 3.40. The Bertz CT molecular complexity index is 143. The van der Waals surface area contributed by atoms with Gasteiger partial charge in [-0.1, -0.05) is 34.1 Å². The van der Waals surface area contributed by atoms with E-state index in [0.29, 0.717) is 18.3 Å². The number of hydrogen-bond acceptors (Lipinski definition) is 1. The molecule has 1 unspecified atom stereocenters. The third-order valence-corrected chi connectivity index (χ3v) is 2.29. The fraction of sp³-hybridized carbons (Fsp3) is 0.909. The van der Waals surface area contributed by atoms with Crippen molar-refractivity contribution in [1.29, 1.82) is 0 Å². The van der Waals surface area contributed by atoms with Crippen LogP contribution in [-0.4, -0.2) is 12.5 Å². The summed E-state index contributed by atoms with van der Waals surface area (Å²) in [6, 6.07) is 0. The minimum absolute atomic E-state index is 0.203. The van der Waals surface area contributed by atoms with Crippen molar-refractivity contribution >= 4 is 5.91 Å². The van der Waals surface area contributed by atoms with Crippen molar-refractivity contribution in [3.63, 3.8) is 0 Å². The fourth-order valence-electron chi connectivity index (χ4n) is 0.941. The summed E-state index contributed by atoms with van der Waals surface area (Å²) in [4.78, 5) is 11.3.